The number of para-hydroxylation sites is 1. The maximum absolute atomic E-state index is 12.5. The van der Waals surface area contributed by atoms with Crippen molar-refractivity contribution in [2.24, 2.45) is 0 Å². The molecule has 0 bridgehead atoms. The summed E-state index contributed by atoms with van der Waals surface area (Å²) in [5.41, 5.74) is 3.24. The van der Waals surface area contributed by atoms with Gasteiger partial charge in [0.05, 0.1) is 23.1 Å². The van der Waals surface area contributed by atoms with Crippen LogP contribution in [0.4, 0.5) is 0 Å². The van der Waals surface area contributed by atoms with E-state index in [2.05, 4.69) is 12.0 Å². The van der Waals surface area contributed by atoms with Gasteiger partial charge >= 0.3 is 0 Å². The van der Waals surface area contributed by atoms with Crippen LogP contribution in [0.2, 0.25) is 0 Å². The molecule has 1 aromatic heterocycles. The number of aryl methyl sites for hydroxylation is 1. The number of hydrogen-bond acceptors (Lipinski definition) is 4. The van der Waals surface area contributed by atoms with E-state index in [0.29, 0.717) is 17.8 Å². The molecule has 6 heteroatoms. The Morgan fingerprint density at radius 3 is 2.56 bits per heavy atom. The average Bonchev–Trinajstić information content (AvgIpc) is 3.16. The molecule has 3 rings (SSSR count). The molecule has 1 heterocycles. The lowest BCUT2D eigenvalue weighted by Gasteiger charge is -2.17. The van der Waals surface area contributed by atoms with Crippen LogP contribution >= 0.6 is 0 Å². The normalized spacial score (nSPS) is 10.8. The highest BCUT2D eigenvalue weighted by atomic mass is 16.3. The number of carbonyl (C=O) groups excluding carboxylic acids is 1. The molecule has 2 aromatic carbocycles. The third-order valence-electron chi connectivity index (χ3n) is 4.68. The Balaban J connectivity index is 2.16. The fraction of sp³-hybridized carbons (Fsp3) is 0.238. The third kappa shape index (κ3) is 3.38. The van der Waals surface area contributed by atoms with Gasteiger partial charge in [-0.1, -0.05) is 25.1 Å². The van der Waals surface area contributed by atoms with Crippen LogP contribution in [0.3, 0.4) is 0 Å². The summed E-state index contributed by atoms with van der Waals surface area (Å²) in [6.07, 6.45) is 2.48. The molecule has 0 saturated heterocycles. The molecule has 1 amide bonds. The second-order valence-corrected chi connectivity index (χ2v) is 6.32. The highest BCUT2D eigenvalue weighted by Crippen LogP contribution is 2.36. The van der Waals surface area contributed by atoms with E-state index in [9.17, 15) is 15.0 Å². The predicted molar refractivity (Wildman–Crippen MR) is 104 cm³/mol. The Labute approximate surface area is 158 Å². The molecular weight excluding hydrogens is 342 g/mol. The quantitative estimate of drug-likeness (QED) is 0.724. The number of phenolic OH excluding ortho intramolecular Hbond substituents is 2. The van der Waals surface area contributed by atoms with Crippen LogP contribution < -0.4 is 0 Å². The summed E-state index contributed by atoms with van der Waals surface area (Å²) < 4.78 is 1.74. The number of carbonyl (C=O) groups is 1. The van der Waals surface area contributed by atoms with Crippen molar-refractivity contribution in [2.75, 3.05) is 13.6 Å². The fourth-order valence-electron chi connectivity index (χ4n) is 3.02. The van der Waals surface area contributed by atoms with Gasteiger partial charge in [0.15, 0.2) is 0 Å². The molecule has 0 aliphatic rings. The Bertz CT molecular complexity index is 979. The largest absolute Gasteiger partial charge is 0.507 e. The van der Waals surface area contributed by atoms with Crippen molar-refractivity contribution in [3.63, 3.8) is 0 Å². The fourth-order valence-corrected chi connectivity index (χ4v) is 3.02. The maximum atomic E-state index is 12.5. The van der Waals surface area contributed by atoms with Gasteiger partial charge in [-0.3, -0.25) is 4.79 Å². The van der Waals surface area contributed by atoms with Crippen molar-refractivity contribution in [3.8, 4) is 28.4 Å². The molecule has 0 aliphatic heterocycles. The van der Waals surface area contributed by atoms with Gasteiger partial charge in [-0.2, -0.15) is 5.10 Å². The first kappa shape index (κ1) is 18.5. The van der Waals surface area contributed by atoms with E-state index in [1.807, 2.05) is 31.2 Å². The molecule has 0 saturated carbocycles. The van der Waals surface area contributed by atoms with Crippen LogP contribution in [0.15, 0.2) is 48.7 Å². The zero-order chi connectivity index (χ0) is 19.6. The summed E-state index contributed by atoms with van der Waals surface area (Å²) in [5, 5.41) is 25.0. The Hall–Kier alpha value is -3.28. The predicted octanol–water partition coefficient (Wildman–Crippen LogP) is 3.60. The van der Waals surface area contributed by atoms with Gasteiger partial charge in [0, 0.05) is 25.2 Å². The number of aromatic nitrogens is 2. The molecule has 0 atom stereocenters. The van der Waals surface area contributed by atoms with Gasteiger partial charge in [-0.25, -0.2) is 4.68 Å². The van der Waals surface area contributed by atoms with Gasteiger partial charge in [-0.05, 0) is 37.1 Å². The lowest BCUT2D eigenvalue weighted by atomic mass is 10.0. The Morgan fingerprint density at radius 2 is 1.85 bits per heavy atom. The van der Waals surface area contributed by atoms with E-state index in [0.717, 1.165) is 17.7 Å². The molecular formula is C21H23N3O3. The summed E-state index contributed by atoms with van der Waals surface area (Å²) in [6.45, 7) is 4.43. The number of phenols is 2. The lowest BCUT2D eigenvalue weighted by Crippen LogP contribution is -2.26. The van der Waals surface area contributed by atoms with E-state index < -0.39 is 0 Å². The van der Waals surface area contributed by atoms with Crippen LogP contribution in [0.5, 0.6) is 11.5 Å². The van der Waals surface area contributed by atoms with Gasteiger partial charge < -0.3 is 15.1 Å². The van der Waals surface area contributed by atoms with E-state index in [1.54, 1.807) is 24.0 Å². The molecule has 0 fully saturated rings. The number of hydrogen-bond donors (Lipinski definition) is 2. The molecule has 0 aliphatic carbocycles. The highest BCUT2D eigenvalue weighted by molar-refractivity contribution is 5.98. The van der Waals surface area contributed by atoms with Crippen LogP contribution in [0, 0.1) is 0 Å². The zero-order valence-corrected chi connectivity index (χ0v) is 15.7. The van der Waals surface area contributed by atoms with E-state index >= 15 is 0 Å². The monoisotopic (exact) mass is 365 g/mol. The first-order valence-corrected chi connectivity index (χ1v) is 8.92. The second-order valence-electron chi connectivity index (χ2n) is 6.32. The summed E-state index contributed by atoms with van der Waals surface area (Å²) in [6, 6.07) is 12.4. The van der Waals surface area contributed by atoms with Gasteiger partial charge in [-0.15, -0.1) is 0 Å². The summed E-state index contributed by atoms with van der Waals surface area (Å²) in [5.74, 6) is -0.670. The molecule has 140 valence electrons. The van der Waals surface area contributed by atoms with E-state index in [4.69, 9.17) is 0 Å². The SMILES string of the molecule is CCc1ccccc1-n1nccc1-c1cc(C(=O)N(C)CC)c(O)cc1O. The second kappa shape index (κ2) is 7.53. The highest BCUT2D eigenvalue weighted by Gasteiger charge is 2.21. The van der Waals surface area contributed by atoms with Gasteiger partial charge in [0.1, 0.15) is 11.5 Å². The number of nitrogens with zero attached hydrogens (tertiary/aromatic N) is 3. The van der Waals surface area contributed by atoms with Crippen LogP contribution in [-0.2, 0) is 6.42 Å². The van der Waals surface area contributed by atoms with Crippen LogP contribution in [-0.4, -0.2) is 44.4 Å². The van der Waals surface area contributed by atoms with E-state index in [1.165, 1.54) is 17.0 Å². The minimum atomic E-state index is -0.309. The topological polar surface area (TPSA) is 78.6 Å². The Morgan fingerprint density at radius 1 is 1.11 bits per heavy atom. The smallest absolute Gasteiger partial charge is 0.257 e. The first-order chi connectivity index (χ1) is 13.0. The molecule has 0 unspecified atom stereocenters. The first-order valence-electron chi connectivity index (χ1n) is 8.92. The molecule has 0 spiro atoms. The zero-order valence-electron chi connectivity index (χ0n) is 15.7. The van der Waals surface area contributed by atoms with Crippen molar-refractivity contribution >= 4 is 5.91 Å². The van der Waals surface area contributed by atoms with Crippen molar-refractivity contribution in [3.05, 3.63) is 59.8 Å². The lowest BCUT2D eigenvalue weighted by molar-refractivity contribution is 0.0799. The minimum absolute atomic E-state index is 0.112. The summed E-state index contributed by atoms with van der Waals surface area (Å²) in [7, 11) is 1.66. The number of benzene rings is 2. The number of aromatic hydroxyl groups is 2. The standard InChI is InChI=1S/C21H23N3O3/c1-4-14-8-6-7-9-17(14)24-18(10-11-22-24)15-12-16(20(26)13-19(15)25)21(27)23(3)5-2/h6-13,25-26H,4-5H2,1-3H3. The average molecular weight is 365 g/mol. The van der Waals surface area contributed by atoms with Crippen molar-refractivity contribution < 1.29 is 15.0 Å². The summed E-state index contributed by atoms with van der Waals surface area (Å²) >= 11 is 0. The third-order valence-corrected chi connectivity index (χ3v) is 4.68. The van der Waals surface area contributed by atoms with Crippen molar-refractivity contribution in [1.82, 2.24) is 14.7 Å². The van der Waals surface area contributed by atoms with Crippen LogP contribution in [0.1, 0.15) is 29.8 Å². The van der Waals surface area contributed by atoms with Crippen LogP contribution in [0.25, 0.3) is 16.9 Å². The van der Waals surface area contributed by atoms with Gasteiger partial charge in [0.2, 0.25) is 0 Å². The van der Waals surface area contributed by atoms with Crippen molar-refractivity contribution in [1.29, 1.82) is 0 Å². The molecule has 27 heavy (non-hydrogen) atoms. The molecule has 3 aromatic rings. The maximum Gasteiger partial charge on any atom is 0.257 e. The molecule has 2 N–H and O–H groups in total. The van der Waals surface area contributed by atoms with Crippen molar-refractivity contribution in [2.45, 2.75) is 20.3 Å². The summed E-state index contributed by atoms with van der Waals surface area (Å²) in [4.78, 5) is 14.0. The number of amides is 1. The molecule has 0 radical (unpaired) electrons. The van der Waals surface area contributed by atoms with E-state index in [-0.39, 0.29) is 23.0 Å². The number of rotatable bonds is 5. The Kier molecular flexibility index (Phi) is 5.16. The minimum Gasteiger partial charge on any atom is -0.507 e. The van der Waals surface area contributed by atoms with Gasteiger partial charge in [0.25, 0.3) is 5.91 Å². The molecule has 6 nitrogen and oxygen atoms in total.